The highest BCUT2D eigenvalue weighted by Crippen LogP contribution is 2.48. The van der Waals surface area contributed by atoms with Crippen LogP contribution in [0.25, 0.3) is 109 Å². The molecule has 0 unspecified atom stereocenters. The van der Waals surface area contributed by atoms with Gasteiger partial charge in [0.25, 0.3) is 0 Å². The van der Waals surface area contributed by atoms with Crippen LogP contribution in [0, 0.1) is 0 Å². The zero-order valence-corrected chi connectivity index (χ0v) is 27.1. The van der Waals surface area contributed by atoms with Crippen molar-refractivity contribution in [2.75, 3.05) is 0 Å². The summed E-state index contributed by atoms with van der Waals surface area (Å²) in [6, 6.07) is 40.8. The summed E-state index contributed by atoms with van der Waals surface area (Å²) < 4.78 is 80.4. The minimum atomic E-state index is -0.442. The van der Waals surface area contributed by atoms with E-state index < -0.39 is 24.2 Å². The molecule has 0 atom stereocenters. The van der Waals surface area contributed by atoms with E-state index in [1.807, 2.05) is 91.0 Å². The average molecular weight is 655 g/mol. The van der Waals surface area contributed by atoms with Crippen LogP contribution in [-0.4, -0.2) is 0 Å². The predicted octanol–water partition coefficient (Wildman–Crippen LogP) is 14.4. The van der Waals surface area contributed by atoms with Crippen molar-refractivity contribution in [3.8, 4) is 33.4 Å². The number of hydrogen-bond donors (Lipinski definition) is 0. The van der Waals surface area contributed by atoms with Crippen molar-refractivity contribution < 1.29 is 15.4 Å². The van der Waals surface area contributed by atoms with Gasteiger partial charge in [0.2, 0.25) is 0 Å². The summed E-state index contributed by atoms with van der Waals surface area (Å²) in [5.74, 6) is 0. The summed E-state index contributed by atoms with van der Waals surface area (Å²) >= 11 is 0. The normalized spacial score (nSPS) is 14.1. The molecule has 236 valence electrons. The van der Waals surface area contributed by atoms with E-state index in [2.05, 4.69) is 36.4 Å². The van der Waals surface area contributed by atoms with Gasteiger partial charge in [-0.3, -0.25) is 0 Å². The molecule has 0 amide bonds. The summed E-state index contributed by atoms with van der Waals surface area (Å²) in [7, 11) is 0. The molecule has 0 fully saturated rings. The Morgan fingerprint density at radius 3 is 1.71 bits per heavy atom. The van der Waals surface area contributed by atoms with Crippen LogP contribution in [0.2, 0.25) is 0 Å². The maximum absolute atomic E-state index is 9.53. The van der Waals surface area contributed by atoms with Gasteiger partial charge in [-0.1, -0.05) is 158 Å². The first-order chi connectivity index (χ1) is 28.6. The van der Waals surface area contributed by atoms with Crippen molar-refractivity contribution in [1.29, 1.82) is 0 Å². The van der Waals surface area contributed by atoms with Crippen molar-refractivity contribution in [3.63, 3.8) is 0 Å². The van der Waals surface area contributed by atoms with Crippen molar-refractivity contribution >= 4 is 75.8 Å². The molecule has 0 bridgehead atoms. The summed E-state index contributed by atoms with van der Waals surface area (Å²) in [6.45, 7) is 0. The Kier molecular flexibility index (Phi) is 4.57. The summed E-state index contributed by atoms with van der Waals surface area (Å²) in [5.41, 5.74) is 4.63. The fourth-order valence-electron chi connectivity index (χ4n) is 7.98. The molecular formula is C50H30O. The van der Waals surface area contributed by atoms with Crippen LogP contribution >= 0.6 is 0 Å². The maximum Gasteiger partial charge on any atom is 0.143 e. The largest absolute Gasteiger partial charge is 0.455 e. The third kappa shape index (κ3) is 4.22. The van der Waals surface area contributed by atoms with Crippen molar-refractivity contribution in [1.82, 2.24) is 0 Å². The SMILES string of the molecule is [2H]c1c([2H])c([2H])c2c(-c3cccc4oc5c6ccccc6ccc5c34)c3c([2H])c([2H])c([2H])c([2H])c3c(-c3cccc(-c4ccc5ccc6ccccc6c5c4)c3)c2c1[2H]. The molecule has 0 aliphatic carbocycles. The molecule has 0 saturated heterocycles. The number of furan rings is 1. The van der Waals surface area contributed by atoms with Gasteiger partial charge in [0.15, 0.2) is 0 Å². The summed E-state index contributed by atoms with van der Waals surface area (Å²) in [6.07, 6.45) is 0. The smallest absolute Gasteiger partial charge is 0.143 e. The number of fused-ring (bicyclic) bond motifs is 10. The van der Waals surface area contributed by atoms with Crippen LogP contribution in [-0.2, 0) is 0 Å². The Labute approximate surface area is 305 Å². The lowest BCUT2D eigenvalue weighted by Gasteiger charge is -2.18. The van der Waals surface area contributed by atoms with Gasteiger partial charge < -0.3 is 4.42 Å². The fraction of sp³-hybridized carbons (Fsp3) is 0. The summed E-state index contributed by atoms with van der Waals surface area (Å²) in [5, 5.41) is 8.43. The minimum Gasteiger partial charge on any atom is -0.455 e. The van der Waals surface area contributed by atoms with E-state index in [0.29, 0.717) is 33.2 Å². The Morgan fingerprint density at radius 2 is 0.941 bits per heavy atom. The van der Waals surface area contributed by atoms with Crippen LogP contribution in [0.15, 0.2) is 186 Å². The van der Waals surface area contributed by atoms with E-state index in [4.69, 9.17) is 9.90 Å². The topological polar surface area (TPSA) is 13.1 Å². The van der Waals surface area contributed by atoms with E-state index in [1.165, 1.54) is 0 Å². The molecule has 0 saturated carbocycles. The molecule has 0 spiro atoms. The molecule has 1 heterocycles. The molecule has 1 nitrogen and oxygen atoms in total. The highest BCUT2D eigenvalue weighted by atomic mass is 16.3. The van der Waals surface area contributed by atoms with E-state index in [0.717, 1.165) is 48.8 Å². The second-order valence-electron chi connectivity index (χ2n) is 13.0. The van der Waals surface area contributed by atoms with Gasteiger partial charge in [-0.05, 0) is 106 Å². The molecule has 1 heteroatoms. The van der Waals surface area contributed by atoms with Crippen LogP contribution < -0.4 is 0 Å². The molecule has 51 heavy (non-hydrogen) atoms. The standard InChI is InChI=1S/C50H30O/c1-3-15-37-31(11-1)23-24-33-25-26-35(30-45(33)37)34-13-9-14-36(29-34)47-39-17-5-7-19-41(39)48(42-20-8-6-18-40(42)47)43-21-10-22-46-49(43)44-28-27-32-12-2-4-16-38(32)50(44)51-46/h1-30H/i5D,6D,7D,8D,17D,18D,19D,20D. The minimum absolute atomic E-state index is 0.161. The Balaban J connectivity index is 1.30. The summed E-state index contributed by atoms with van der Waals surface area (Å²) in [4.78, 5) is 0. The molecule has 0 N–H and O–H groups in total. The fourth-order valence-corrected chi connectivity index (χ4v) is 7.98. The average Bonchev–Trinajstić information content (AvgIpc) is 3.67. The molecule has 10 aromatic carbocycles. The van der Waals surface area contributed by atoms with Gasteiger partial charge in [0, 0.05) is 16.2 Å². The third-order valence-electron chi connectivity index (χ3n) is 10.3. The molecule has 1 aromatic heterocycles. The molecule has 11 rings (SSSR count). The number of hydrogen-bond acceptors (Lipinski definition) is 1. The van der Waals surface area contributed by atoms with Crippen LogP contribution in [0.4, 0.5) is 0 Å². The van der Waals surface area contributed by atoms with Gasteiger partial charge in [-0.15, -0.1) is 0 Å². The zero-order valence-electron chi connectivity index (χ0n) is 35.1. The molecule has 0 aliphatic rings. The van der Waals surface area contributed by atoms with Crippen LogP contribution in [0.5, 0.6) is 0 Å². The first-order valence-electron chi connectivity index (χ1n) is 20.9. The maximum atomic E-state index is 9.53. The van der Waals surface area contributed by atoms with Gasteiger partial charge in [-0.25, -0.2) is 0 Å². The van der Waals surface area contributed by atoms with E-state index in [1.54, 1.807) is 6.07 Å². The zero-order chi connectivity index (χ0) is 40.4. The molecule has 0 radical (unpaired) electrons. The first-order valence-corrected chi connectivity index (χ1v) is 16.9. The highest BCUT2D eigenvalue weighted by molar-refractivity contribution is 6.27. The third-order valence-corrected chi connectivity index (χ3v) is 10.3. The van der Waals surface area contributed by atoms with Crippen LogP contribution in [0.3, 0.4) is 0 Å². The Bertz CT molecular complexity index is 3580. The second-order valence-corrected chi connectivity index (χ2v) is 13.0. The molecular weight excluding hydrogens is 617 g/mol. The first kappa shape index (κ1) is 21.4. The van der Waals surface area contributed by atoms with Crippen molar-refractivity contribution in [2.45, 2.75) is 0 Å². The predicted molar refractivity (Wildman–Crippen MR) is 218 cm³/mol. The lowest BCUT2D eigenvalue weighted by molar-refractivity contribution is 0.673. The van der Waals surface area contributed by atoms with E-state index in [-0.39, 0.29) is 51.3 Å². The van der Waals surface area contributed by atoms with Gasteiger partial charge in [0.05, 0.1) is 11.0 Å². The lowest BCUT2D eigenvalue weighted by Crippen LogP contribution is -1.91. The van der Waals surface area contributed by atoms with Crippen molar-refractivity contribution in [2.24, 2.45) is 0 Å². The Hall–Kier alpha value is -6.70. The van der Waals surface area contributed by atoms with E-state index >= 15 is 0 Å². The van der Waals surface area contributed by atoms with Crippen molar-refractivity contribution in [3.05, 3.63) is 182 Å². The second kappa shape index (κ2) is 10.9. The number of benzene rings is 10. The van der Waals surface area contributed by atoms with E-state index in [9.17, 15) is 5.48 Å². The molecule has 0 aliphatic heterocycles. The molecule has 11 aromatic rings. The highest BCUT2D eigenvalue weighted by Gasteiger charge is 2.21. The Morgan fingerprint density at radius 1 is 0.373 bits per heavy atom. The quantitative estimate of drug-likeness (QED) is 0.136. The van der Waals surface area contributed by atoms with Gasteiger partial charge in [0.1, 0.15) is 11.2 Å². The number of rotatable bonds is 3. The lowest BCUT2D eigenvalue weighted by atomic mass is 9.84. The van der Waals surface area contributed by atoms with Crippen LogP contribution in [0.1, 0.15) is 11.0 Å². The van der Waals surface area contributed by atoms with Gasteiger partial charge in [-0.2, -0.15) is 0 Å². The monoisotopic (exact) mass is 654 g/mol. The van der Waals surface area contributed by atoms with Gasteiger partial charge >= 0.3 is 0 Å².